The third-order valence-electron chi connectivity index (χ3n) is 3.12. The van der Waals surface area contributed by atoms with Crippen molar-refractivity contribution in [2.75, 3.05) is 11.9 Å². The smallest absolute Gasteiger partial charge is 0.257 e. The van der Waals surface area contributed by atoms with Gasteiger partial charge in [0.05, 0.1) is 16.8 Å². The van der Waals surface area contributed by atoms with E-state index in [9.17, 15) is 9.18 Å². The first-order chi connectivity index (χ1) is 11.9. The van der Waals surface area contributed by atoms with Gasteiger partial charge in [0.1, 0.15) is 11.6 Å². The van der Waals surface area contributed by atoms with Gasteiger partial charge in [0.15, 0.2) is 5.11 Å². The Bertz CT molecular complexity index is 783. The summed E-state index contributed by atoms with van der Waals surface area (Å²) < 4.78 is 19.9. The molecule has 0 fully saturated rings. The second-order valence-corrected chi connectivity index (χ2v) is 7.00. The molecule has 0 aromatic heterocycles. The summed E-state index contributed by atoms with van der Waals surface area (Å²) in [5.74, 6) is 0.215. The summed E-state index contributed by atoms with van der Waals surface area (Å²) in [4.78, 5) is 12.3. The molecule has 0 aliphatic rings. The lowest BCUT2D eigenvalue weighted by atomic mass is 10.2. The molecular weight excluding hydrogens is 407 g/mol. The highest BCUT2D eigenvalue weighted by atomic mass is 79.9. The summed E-state index contributed by atoms with van der Waals surface area (Å²) in [7, 11) is 0. The number of halogens is 2. The Morgan fingerprint density at radius 3 is 2.64 bits per heavy atom. The highest BCUT2D eigenvalue weighted by Crippen LogP contribution is 2.26. The number of hydrogen-bond acceptors (Lipinski definition) is 3. The van der Waals surface area contributed by atoms with Crippen molar-refractivity contribution in [2.24, 2.45) is 5.92 Å². The molecule has 2 rings (SSSR count). The van der Waals surface area contributed by atoms with Gasteiger partial charge in [0.2, 0.25) is 0 Å². The number of thiocarbonyl (C=S) groups is 1. The summed E-state index contributed by atoms with van der Waals surface area (Å²) >= 11 is 8.45. The fraction of sp³-hybridized carbons (Fsp3) is 0.222. The number of amides is 1. The van der Waals surface area contributed by atoms with Crippen LogP contribution < -0.4 is 15.4 Å². The number of nitrogens with one attached hydrogen (secondary N) is 2. The van der Waals surface area contributed by atoms with Gasteiger partial charge in [-0.1, -0.05) is 26.0 Å². The fourth-order valence-electron chi connectivity index (χ4n) is 1.91. The third kappa shape index (κ3) is 5.79. The number of hydrogen-bond donors (Lipinski definition) is 2. The van der Waals surface area contributed by atoms with Gasteiger partial charge in [-0.3, -0.25) is 10.1 Å². The number of rotatable bonds is 5. The second-order valence-electron chi connectivity index (χ2n) is 5.74. The average molecular weight is 425 g/mol. The molecule has 0 saturated carbocycles. The van der Waals surface area contributed by atoms with E-state index in [1.807, 2.05) is 0 Å². The molecule has 2 aromatic carbocycles. The molecule has 7 heteroatoms. The maximum atomic E-state index is 13.6. The first-order valence-corrected chi connectivity index (χ1v) is 8.86. The normalized spacial score (nSPS) is 10.4. The molecule has 0 spiro atoms. The Morgan fingerprint density at radius 2 is 2.00 bits per heavy atom. The number of carbonyl (C=O) groups excluding carboxylic acids is 1. The number of anilines is 1. The molecule has 4 nitrogen and oxygen atoms in total. The quantitative estimate of drug-likeness (QED) is 0.679. The highest BCUT2D eigenvalue weighted by molar-refractivity contribution is 9.10. The molecule has 0 unspecified atom stereocenters. The summed E-state index contributed by atoms with van der Waals surface area (Å²) in [6.07, 6.45) is 0. The van der Waals surface area contributed by atoms with E-state index in [0.717, 1.165) is 0 Å². The summed E-state index contributed by atoms with van der Waals surface area (Å²) in [6.45, 7) is 4.69. The number of ether oxygens (including phenoxy) is 1. The van der Waals surface area contributed by atoms with Crippen LogP contribution in [0.5, 0.6) is 5.75 Å². The van der Waals surface area contributed by atoms with Gasteiger partial charge in [0.25, 0.3) is 5.91 Å². The van der Waals surface area contributed by atoms with Crippen molar-refractivity contribution in [1.29, 1.82) is 0 Å². The van der Waals surface area contributed by atoms with Crippen LogP contribution in [-0.2, 0) is 0 Å². The van der Waals surface area contributed by atoms with Gasteiger partial charge in [-0.2, -0.15) is 0 Å². The molecule has 132 valence electrons. The van der Waals surface area contributed by atoms with Crippen LogP contribution in [0.3, 0.4) is 0 Å². The van der Waals surface area contributed by atoms with Crippen molar-refractivity contribution >= 4 is 44.9 Å². The van der Waals surface area contributed by atoms with Crippen LogP contribution in [0, 0.1) is 11.7 Å². The lowest BCUT2D eigenvalue weighted by molar-refractivity contribution is 0.0977. The first-order valence-electron chi connectivity index (χ1n) is 7.66. The van der Waals surface area contributed by atoms with Crippen molar-refractivity contribution in [3.8, 4) is 5.75 Å². The Labute approximate surface area is 159 Å². The van der Waals surface area contributed by atoms with Crippen LogP contribution in [-0.4, -0.2) is 17.6 Å². The highest BCUT2D eigenvalue weighted by Gasteiger charge is 2.12. The van der Waals surface area contributed by atoms with E-state index in [2.05, 4.69) is 40.4 Å². The van der Waals surface area contributed by atoms with Gasteiger partial charge < -0.3 is 10.1 Å². The summed E-state index contributed by atoms with van der Waals surface area (Å²) in [5.41, 5.74) is 0.605. The molecule has 2 N–H and O–H groups in total. The Hall–Kier alpha value is -1.99. The Morgan fingerprint density at radius 1 is 1.28 bits per heavy atom. The second kappa shape index (κ2) is 8.92. The standard InChI is InChI=1S/C18H18BrFN2O2S/c1-11(2)10-24-16-8-7-12(9-13(16)19)17(23)22-18(25)21-15-6-4-3-5-14(15)20/h3-9,11H,10H2,1-2H3,(H2,21,22,23,25). The van der Waals surface area contributed by atoms with Gasteiger partial charge in [-0.15, -0.1) is 0 Å². The fourth-order valence-corrected chi connectivity index (χ4v) is 2.60. The van der Waals surface area contributed by atoms with E-state index in [1.54, 1.807) is 30.3 Å². The topological polar surface area (TPSA) is 50.4 Å². The molecule has 0 aliphatic heterocycles. The predicted molar refractivity (Wildman–Crippen MR) is 105 cm³/mol. The van der Waals surface area contributed by atoms with E-state index in [1.165, 1.54) is 12.1 Å². The maximum Gasteiger partial charge on any atom is 0.257 e. The molecule has 0 heterocycles. The minimum Gasteiger partial charge on any atom is -0.492 e. The molecule has 0 saturated heterocycles. The Balaban J connectivity index is 1.99. The zero-order valence-corrected chi connectivity index (χ0v) is 16.2. The van der Waals surface area contributed by atoms with E-state index >= 15 is 0 Å². The van der Waals surface area contributed by atoms with Gasteiger partial charge in [-0.25, -0.2) is 4.39 Å². The molecule has 1 amide bonds. The van der Waals surface area contributed by atoms with Crippen LogP contribution in [0.2, 0.25) is 0 Å². The average Bonchev–Trinajstić information content (AvgIpc) is 2.55. The monoisotopic (exact) mass is 424 g/mol. The van der Waals surface area contributed by atoms with E-state index in [-0.39, 0.29) is 10.8 Å². The summed E-state index contributed by atoms with van der Waals surface area (Å²) in [5, 5.41) is 5.20. The minimum absolute atomic E-state index is 0.0198. The number of para-hydroxylation sites is 1. The van der Waals surface area contributed by atoms with Gasteiger partial charge in [0, 0.05) is 5.56 Å². The third-order valence-corrected chi connectivity index (χ3v) is 3.94. The van der Waals surface area contributed by atoms with E-state index in [0.29, 0.717) is 28.3 Å². The SMILES string of the molecule is CC(C)COc1ccc(C(=O)NC(=S)Nc2ccccc2F)cc1Br. The largest absolute Gasteiger partial charge is 0.492 e. The molecule has 0 radical (unpaired) electrons. The van der Waals surface area contributed by atoms with Gasteiger partial charge in [-0.05, 0) is 64.4 Å². The molecule has 0 bridgehead atoms. The molecular formula is C18H18BrFN2O2S. The zero-order chi connectivity index (χ0) is 18.4. The van der Waals surface area contributed by atoms with Crippen LogP contribution in [0.4, 0.5) is 10.1 Å². The molecule has 2 aromatic rings. The summed E-state index contributed by atoms with van der Waals surface area (Å²) in [6, 6.07) is 11.1. The lowest BCUT2D eigenvalue weighted by Crippen LogP contribution is -2.34. The molecule has 0 aliphatic carbocycles. The van der Waals surface area contributed by atoms with E-state index in [4.69, 9.17) is 17.0 Å². The predicted octanol–water partition coefficient (Wildman–Crippen LogP) is 4.75. The van der Waals surface area contributed by atoms with Crippen molar-refractivity contribution < 1.29 is 13.9 Å². The number of benzene rings is 2. The van der Waals surface area contributed by atoms with Crippen LogP contribution in [0.1, 0.15) is 24.2 Å². The maximum absolute atomic E-state index is 13.6. The van der Waals surface area contributed by atoms with Crippen LogP contribution >= 0.6 is 28.1 Å². The lowest BCUT2D eigenvalue weighted by Gasteiger charge is -2.12. The molecule has 25 heavy (non-hydrogen) atoms. The van der Waals surface area contributed by atoms with Gasteiger partial charge >= 0.3 is 0 Å². The Kier molecular flexibility index (Phi) is 6.90. The van der Waals surface area contributed by atoms with Crippen LogP contribution in [0.25, 0.3) is 0 Å². The van der Waals surface area contributed by atoms with Crippen LogP contribution in [0.15, 0.2) is 46.9 Å². The van der Waals surface area contributed by atoms with Crippen molar-refractivity contribution in [1.82, 2.24) is 5.32 Å². The van der Waals surface area contributed by atoms with Crippen molar-refractivity contribution in [2.45, 2.75) is 13.8 Å². The minimum atomic E-state index is -0.450. The van der Waals surface area contributed by atoms with E-state index < -0.39 is 11.7 Å². The van der Waals surface area contributed by atoms with Crippen molar-refractivity contribution in [3.63, 3.8) is 0 Å². The number of carbonyl (C=O) groups is 1. The zero-order valence-electron chi connectivity index (χ0n) is 13.8. The first kappa shape index (κ1) is 19.3. The molecule has 0 atom stereocenters. The van der Waals surface area contributed by atoms with Crippen molar-refractivity contribution in [3.05, 3.63) is 58.3 Å².